The van der Waals surface area contributed by atoms with Crippen LogP contribution in [0.25, 0.3) is 5.82 Å². The van der Waals surface area contributed by atoms with E-state index in [2.05, 4.69) is 15.1 Å². The van der Waals surface area contributed by atoms with Crippen LogP contribution >= 0.6 is 0 Å². The van der Waals surface area contributed by atoms with E-state index in [1.165, 1.54) is 16.1 Å². The predicted octanol–water partition coefficient (Wildman–Crippen LogP) is 1.22. The molecule has 1 saturated heterocycles. The van der Waals surface area contributed by atoms with Gasteiger partial charge < -0.3 is 0 Å². The highest BCUT2D eigenvalue weighted by Gasteiger charge is 2.19. The molecular weight excluding hydrogens is 258 g/mol. The Hall–Kier alpha value is -2.28. The van der Waals surface area contributed by atoms with Crippen molar-refractivity contribution in [1.82, 2.24) is 24.8 Å². The quantitative estimate of drug-likeness (QED) is 0.822. The Morgan fingerprint density at radius 1 is 1.30 bits per heavy atom. The normalized spacial score (nSPS) is 15.9. The summed E-state index contributed by atoms with van der Waals surface area (Å²) in [6.45, 7) is 1.21. The third-order valence-electron chi connectivity index (χ3n) is 3.13. The zero-order valence-electron chi connectivity index (χ0n) is 11.0. The first kappa shape index (κ1) is 12.7. The average Bonchev–Trinajstić information content (AvgIpc) is 2.89. The number of aromatic nitrogens is 4. The Morgan fingerprint density at radius 3 is 3.10 bits per heavy atom. The summed E-state index contributed by atoms with van der Waals surface area (Å²) in [7, 11) is 0. The van der Waals surface area contributed by atoms with Crippen molar-refractivity contribution in [3.63, 3.8) is 0 Å². The SMILES string of the molecule is O=C(c1ccnc(-n2cncn2)c1)N1CCCCCO1. The molecule has 3 rings (SSSR count). The molecule has 0 aliphatic carbocycles. The number of carbonyl (C=O) groups is 1. The zero-order valence-corrected chi connectivity index (χ0v) is 11.0. The van der Waals surface area contributed by atoms with Crippen LogP contribution in [0.2, 0.25) is 0 Å². The van der Waals surface area contributed by atoms with Gasteiger partial charge in [0.2, 0.25) is 0 Å². The van der Waals surface area contributed by atoms with Crippen molar-refractivity contribution >= 4 is 5.91 Å². The van der Waals surface area contributed by atoms with Crippen LogP contribution in [0.3, 0.4) is 0 Å². The van der Waals surface area contributed by atoms with Crippen LogP contribution in [0.1, 0.15) is 29.6 Å². The van der Waals surface area contributed by atoms with Gasteiger partial charge in [-0.1, -0.05) is 0 Å². The largest absolute Gasteiger partial charge is 0.277 e. The lowest BCUT2D eigenvalue weighted by Crippen LogP contribution is -2.31. The Morgan fingerprint density at radius 2 is 2.25 bits per heavy atom. The minimum atomic E-state index is -0.143. The molecule has 20 heavy (non-hydrogen) atoms. The van der Waals surface area contributed by atoms with E-state index in [9.17, 15) is 4.79 Å². The number of hydrogen-bond acceptors (Lipinski definition) is 5. The van der Waals surface area contributed by atoms with Gasteiger partial charge in [0.25, 0.3) is 5.91 Å². The molecule has 2 aromatic heterocycles. The predicted molar refractivity (Wildman–Crippen MR) is 70.0 cm³/mol. The lowest BCUT2D eigenvalue weighted by Gasteiger charge is -2.19. The van der Waals surface area contributed by atoms with Gasteiger partial charge >= 0.3 is 0 Å². The van der Waals surface area contributed by atoms with Crippen LogP contribution in [0.15, 0.2) is 31.0 Å². The highest BCUT2D eigenvalue weighted by atomic mass is 16.7. The Labute approximate surface area is 116 Å². The number of carbonyl (C=O) groups excluding carboxylic acids is 1. The first-order chi connectivity index (χ1) is 9.84. The summed E-state index contributed by atoms with van der Waals surface area (Å²) in [5, 5.41) is 5.44. The first-order valence-corrected chi connectivity index (χ1v) is 6.60. The summed E-state index contributed by atoms with van der Waals surface area (Å²) in [6, 6.07) is 3.36. The molecule has 7 nitrogen and oxygen atoms in total. The minimum Gasteiger partial charge on any atom is -0.271 e. The average molecular weight is 273 g/mol. The van der Waals surface area contributed by atoms with E-state index in [0.717, 1.165) is 19.3 Å². The number of hydrogen-bond donors (Lipinski definition) is 0. The van der Waals surface area contributed by atoms with Crippen LogP contribution < -0.4 is 0 Å². The highest BCUT2D eigenvalue weighted by molar-refractivity contribution is 5.93. The van der Waals surface area contributed by atoms with Gasteiger partial charge in [-0.2, -0.15) is 5.10 Å². The molecule has 0 spiro atoms. The molecule has 0 saturated carbocycles. The van der Waals surface area contributed by atoms with E-state index in [0.29, 0.717) is 24.5 Å². The molecule has 1 fully saturated rings. The lowest BCUT2D eigenvalue weighted by molar-refractivity contribution is -0.115. The molecule has 1 amide bonds. The molecule has 1 aliphatic rings. The van der Waals surface area contributed by atoms with Crippen molar-refractivity contribution in [2.24, 2.45) is 0 Å². The van der Waals surface area contributed by atoms with Gasteiger partial charge in [0, 0.05) is 18.3 Å². The summed E-state index contributed by atoms with van der Waals surface area (Å²) in [6.07, 6.45) is 7.59. The maximum absolute atomic E-state index is 12.4. The third-order valence-corrected chi connectivity index (χ3v) is 3.13. The fourth-order valence-electron chi connectivity index (χ4n) is 2.08. The van der Waals surface area contributed by atoms with Gasteiger partial charge in [0.1, 0.15) is 12.7 Å². The molecule has 1 aliphatic heterocycles. The lowest BCUT2D eigenvalue weighted by atomic mass is 10.2. The van der Waals surface area contributed by atoms with Crippen molar-refractivity contribution in [2.45, 2.75) is 19.3 Å². The second kappa shape index (κ2) is 5.79. The number of pyridine rings is 1. The van der Waals surface area contributed by atoms with Crippen molar-refractivity contribution in [2.75, 3.05) is 13.2 Å². The highest BCUT2D eigenvalue weighted by Crippen LogP contribution is 2.13. The fourth-order valence-corrected chi connectivity index (χ4v) is 2.08. The molecule has 0 aromatic carbocycles. The Kier molecular flexibility index (Phi) is 3.69. The van der Waals surface area contributed by atoms with Crippen LogP contribution in [0.5, 0.6) is 0 Å². The fraction of sp³-hybridized carbons (Fsp3) is 0.385. The van der Waals surface area contributed by atoms with Gasteiger partial charge in [-0.15, -0.1) is 0 Å². The summed E-state index contributed by atoms with van der Waals surface area (Å²) in [4.78, 5) is 25.9. The van der Waals surface area contributed by atoms with Crippen molar-refractivity contribution in [3.8, 4) is 5.82 Å². The van der Waals surface area contributed by atoms with Crippen LogP contribution in [0, 0.1) is 0 Å². The second-order valence-corrected chi connectivity index (χ2v) is 4.54. The molecule has 0 atom stereocenters. The summed E-state index contributed by atoms with van der Waals surface area (Å²) >= 11 is 0. The van der Waals surface area contributed by atoms with Crippen molar-refractivity contribution in [1.29, 1.82) is 0 Å². The third kappa shape index (κ3) is 2.67. The number of amides is 1. The minimum absolute atomic E-state index is 0.143. The maximum atomic E-state index is 12.4. The van der Waals surface area contributed by atoms with Gasteiger partial charge in [0.15, 0.2) is 5.82 Å². The standard InChI is InChI=1S/C13H15N5O2/c19-13(18-6-2-1-3-7-20-18)11-4-5-15-12(8-11)17-10-14-9-16-17/h4-5,8-10H,1-3,6-7H2. The first-order valence-electron chi connectivity index (χ1n) is 6.60. The smallest absolute Gasteiger partial charge is 0.271 e. The van der Waals surface area contributed by atoms with Gasteiger partial charge in [-0.3, -0.25) is 9.63 Å². The van der Waals surface area contributed by atoms with Crippen molar-refractivity contribution < 1.29 is 9.63 Å². The molecular formula is C13H15N5O2. The van der Waals surface area contributed by atoms with E-state index < -0.39 is 0 Å². The summed E-state index contributed by atoms with van der Waals surface area (Å²) in [5.41, 5.74) is 0.535. The van der Waals surface area contributed by atoms with Crippen molar-refractivity contribution in [3.05, 3.63) is 36.5 Å². The van der Waals surface area contributed by atoms with Gasteiger partial charge in [0.05, 0.1) is 6.61 Å². The van der Waals surface area contributed by atoms with E-state index in [4.69, 9.17) is 4.84 Å². The van der Waals surface area contributed by atoms with Gasteiger partial charge in [-0.05, 0) is 31.4 Å². The second-order valence-electron chi connectivity index (χ2n) is 4.54. The molecule has 3 heterocycles. The molecule has 0 unspecified atom stereocenters. The van der Waals surface area contributed by atoms with Crippen LogP contribution in [-0.4, -0.2) is 43.9 Å². The van der Waals surface area contributed by atoms with Crippen LogP contribution in [0.4, 0.5) is 0 Å². The van der Waals surface area contributed by atoms with E-state index in [-0.39, 0.29) is 5.91 Å². The van der Waals surface area contributed by atoms with E-state index in [1.54, 1.807) is 24.7 Å². The number of hydroxylamine groups is 2. The summed E-state index contributed by atoms with van der Waals surface area (Å²) in [5.74, 6) is 0.416. The molecule has 2 aromatic rings. The molecule has 0 bridgehead atoms. The molecule has 0 radical (unpaired) electrons. The molecule has 0 N–H and O–H groups in total. The maximum Gasteiger partial charge on any atom is 0.277 e. The molecule has 104 valence electrons. The molecule has 7 heteroatoms. The van der Waals surface area contributed by atoms with Gasteiger partial charge in [-0.25, -0.2) is 19.7 Å². The number of nitrogens with zero attached hydrogens (tertiary/aromatic N) is 5. The number of rotatable bonds is 2. The topological polar surface area (TPSA) is 73.1 Å². The van der Waals surface area contributed by atoms with E-state index >= 15 is 0 Å². The van der Waals surface area contributed by atoms with E-state index in [1.807, 2.05) is 0 Å². The zero-order chi connectivity index (χ0) is 13.8. The Balaban J connectivity index is 1.82. The monoisotopic (exact) mass is 273 g/mol. The summed E-state index contributed by atoms with van der Waals surface area (Å²) < 4.78 is 1.51. The van der Waals surface area contributed by atoms with Crippen LogP contribution in [-0.2, 0) is 4.84 Å². The Bertz CT molecular complexity index is 576.